The third-order valence-corrected chi connectivity index (χ3v) is 6.25. The van der Waals surface area contributed by atoms with E-state index in [0.717, 1.165) is 37.7 Å². The maximum Gasteiger partial charge on any atom is 0.422 e. The quantitative estimate of drug-likeness (QED) is 0.307. The predicted molar refractivity (Wildman–Crippen MR) is 102 cm³/mol. The molecule has 2 unspecified atom stereocenters. The van der Waals surface area contributed by atoms with Crippen molar-refractivity contribution < 1.29 is 28.4 Å². The van der Waals surface area contributed by atoms with Crippen molar-refractivity contribution in [2.75, 3.05) is 6.79 Å². The molecule has 8 nitrogen and oxygen atoms in total. The van der Waals surface area contributed by atoms with Crippen molar-refractivity contribution in [3.63, 3.8) is 0 Å². The van der Waals surface area contributed by atoms with Crippen LogP contribution in [0.3, 0.4) is 0 Å². The second-order valence-electron chi connectivity index (χ2n) is 6.83. The van der Waals surface area contributed by atoms with Crippen LogP contribution in [-0.4, -0.2) is 36.8 Å². The van der Waals surface area contributed by atoms with Gasteiger partial charge in [-0.3, -0.25) is 4.79 Å². The molecular formula is C19H25N2O6P. The minimum atomic E-state index is -1.38. The average Bonchev–Trinajstić information content (AvgIpc) is 3.11. The van der Waals surface area contributed by atoms with E-state index < -0.39 is 33.2 Å². The van der Waals surface area contributed by atoms with Crippen LogP contribution >= 0.6 is 8.45 Å². The fourth-order valence-electron chi connectivity index (χ4n) is 3.31. The number of rotatable bonds is 7. The molecule has 28 heavy (non-hydrogen) atoms. The summed E-state index contributed by atoms with van der Waals surface area (Å²) in [5.74, 6) is -2.74. The van der Waals surface area contributed by atoms with E-state index in [1.54, 1.807) is 0 Å². The number of nitrogens with one attached hydrogen (secondary N) is 2. The molecule has 0 amide bonds. The SMILES string of the molecule is O=C(CCCc1ccccc1)OCOC(=O)C(=O)OP1NC2CCCCC2N1. The number of fused-ring (bicyclic) bond motifs is 1. The molecule has 0 spiro atoms. The molecule has 3 rings (SSSR count). The van der Waals surface area contributed by atoms with Gasteiger partial charge >= 0.3 is 17.9 Å². The van der Waals surface area contributed by atoms with E-state index in [-0.39, 0.29) is 18.5 Å². The van der Waals surface area contributed by atoms with Gasteiger partial charge in [0.1, 0.15) is 0 Å². The molecule has 2 aliphatic rings. The Balaban J connectivity index is 1.27. The van der Waals surface area contributed by atoms with Gasteiger partial charge < -0.3 is 14.0 Å². The Bertz CT molecular complexity index is 672. The predicted octanol–water partition coefficient (Wildman–Crippen LogP) is 2.33. The van der Waals surface area contributed by atoms with Crippen LogP contribution in [0.1, 0.15) is 44.1 Å². The number of benzene rings is 1. The minimum Gasteiger partial charge on any atom is -0.428 e. The van der Waals surface area contributed by atoms with Crippen LogP contribution in [0.2, 0.25) is 0 Å². The zero-order valence-corrected chi connectivity index (χ0v) is 16.5. The molecule has 152 valence electrons. The molecule has 2 fully saturated rings. The standard InChI is InChI=1S/C19H25N2O6P/c22-17(12-6-9-14-7-2-1-3-8-14)25-13-26-18(23)19(24)27-28-20-15-10-4-5-11-16(15)21-28/h1-3,7-8,15-16,20-21H,4-6,9-13H2. The van der Waals surface area contributed by atoms with Crippen molar-refractivity contribution in [2.24, 2.45) is 0 Å². The Morgan fingerprint density at radius 2 is 1.64 bits per heavy atom. The van der Waals surface area contributed by atoms with Crippen LogP contribution in [0, 0.1) is 0 Å². The Kier molecular flexibility index (Phi) is 7.77. The van der Waals surface area contributed by atoms with E-state index in [1.807, 2.05) is 30.3 Å². The van der Waals surface area contributed by atoms with E-state index in [1.165, 1.54) is 0 Å². The first-order valence-electron chi connectivity index (χ1n) is 9.53. The third-order valence-electron chi connectivity index (χ3n) is 4.77. The Morgan fingerprint density at radius 3 is 2.32 bits per heavy atom. The molecule has 0 aromatic heterocycles. The highest BCUT2D eigenvalue weighted by atomic mass is 31.2. The molecule has 1 aromatic rings. The van der Waals surface area contributed by atoms with E-state index in [0.29, 0.717) is 6.42 Å². The first-order valence-corrected chi connectivity index (χ1v) is 10.8. The smallest absolute Gasteiger partial charge is 0.422 e. The third kappa shape index (κ3) is 6.26. The van der Waals surface area contributed by atoms with Crippen molar-refractivity contribution in [1.29, 1.82) is 0 Å². The summed E-state index contributed by atoms with van der Waals surface area (Å²) in [5.41, 5.74) is 1.14. The summed E-state index contributed by atoms with van der Waals surface area (Å²) in [6, 6.07) is 10.4. The fourth-order valence-corrected chi connectivity index (χ4v) is 4.95. The van der Waals surface area contributed by atoms with Gasteiger partial charge in [0, 0.05) is 18.5 Å². The van der Waals surface area contributed by atoms with E-state index in [4.69, 9.17) is 9.26 Å². The lowest BCUT2D eigenvalue weighted by molar-refractivity contribution is -0.175. The first kappa shape index (κ1) is 20.7. The van der Waals surface area contributed by atoms with Crippen molar-refractivity contribution in [2.45, 2.75) is 57.0 Å². The summed E-state index contributed by atoms with van der Waals surface area (Å²) in [6.07, 6.45) is 5.93. The average molecular weight is 408 g/mol. The van der Waals surface area contributed by atoms with Gasteiger partial charge in [0.2, 0.25) is 15.2 Å². The molecule has 2 N–H and O–H groups in total. The lowest BCUT2D eigenvalue weighted by atomic mass is 9.92. The molecule has 9 heteroatoms. The van der Waals surface area contributed by atoms with Gasteiger partial charge in [0.25, 0.3) is 0 Å². The normalized spacial score (nSPS) is 23.5. The summed E-state index contributed by atoms with van der Waals surface area (Å²) in [7, 11) is -1.38. The highest BCUT2D eigenvalue weighted by molar-refractivity contribution is 7.49. The number of ether oxygens (including phenoxy) is 2. The molecule has 1 aliphatic heterocycles. The zero-order valence-electron chi connectivity index (χ0n) is 15.6. The lowest BCUT2D eigenvalue weighted by Gasteiger charge is -2.22. The summed E-state index contributed by atoms with van der Waals surface area (Å²) in [5, 5.41) is 6.41. The maximum absolute atomic E-state index is 11.8. The molecule has 1 saturated carbocycles. The van der Waals surface area contributed by atoms with Gasteiger partial charge in [-0.25, -0.2) is 19.8 Å². The number of hydrogen-bond acceptors (Lipinski definition) is 8. The van der Waals surface area contributed by atoms with Gasteiger partial charge in [0.05, 0.1) is 0 Å². The number of aryl methyl sites for hydroxylation is 1. The molecule has 1 aromatic carbocycles. The monoisotopic (exact) mass is 408 g/mol. The summed E-state index contributed by atoms with van der Waals surface area (Å²) in [4.78, 5) is 35.2. The molecule has 1 heterocycles. The minimum absolute atomic E-state index is 0.207. The highest BCUT2D eigenvalue weighted by Crippen LogP contribution is 2.39. The van der Waals surface area contributed by atoms with Gasteiger partial charge in [-0.15, -0.1) is 0 Å². The van der Waals surface area contributed by atoms with Gasteiger partial charge in [-0.1, -0.05) is 43.2 Å². The Morgan fingerprint density at radius 1 is 0.964 bits per heavy atom. The zero-order chi connectivity index (χ0) is 19.8. The van der Waals surface area contributed by atoms with Crippen molar-refractivity contribution >= 4 is 26.4 Å². The van der Waals surface area contributed by atoms with E-state index in [9.17, 15) is 14.4 Å². The molecule has 0 bridgehead atoms. The summed E-state index contributed by atoms with van der Waals surface area (Å²) >= 11 is 0. The van der Waals surface area contributed by atoms with E-state index >= 15 is 0 Å². The largest absolute Gasteiger partial charge is 0.428 e. The molecule has 1 saturated heterocycles. The molecule has 0 radical (unpaired) electrons. The number of carbonyl (C=O) groups excluding carboxylic acids is 3. The fraction of sp³-hybridized carbons (Fsp3) is 0.526. The van der Waals surface area contributed by atoms with Crippen LogP contribution in [0.5, 0.6) is 0 Å². The summed E-state index contributed by atoms with van der Waals surface area (Å²) in [6.45, 7) is -0.595. The topological polar surface area (TPSA) is 103 Å². The second-order valence-corrected chi connectivity index (χ2v) is 8.12. The van der Waals surface area contributed by atoms with Gasteiger partial charge in [0.15, 0.2) is 0 Å². The van der Waals surface area contributed by atoms with Gasteiger partial charge in [-0.2, -0.15) is 0 Å². The number of carbonyl (C=O) groups is 3. The van der Waals surface area contributed by atoms with Gasteiger partial charge in [-0.05, 0) is 31.2 Å². The van der Waals surface area contributed by atoms with Crippen molar-refractivity contribution in [1.82, 2.24) is 10.2 Å². The molecule has 2 atom stereocenters. The van der Waals surface area contributed by atoms with Crippen molar-refractivity contribution in [3.8, 4) is 0 Å². The molecule has 1 aliphatic carbocycles. The van der Waals surface area contributed by atoms with Crippen molar-refractivity contribution in [3.05, 3.63) is 35.9 Å². The van der Waals surface area contributed by atoms with Crippen LogP contribution in [0.4, 0.5) is 0 Å². The molecular weight excluding hydrogens is 383 g/mol. The highest BCUT2D eigenvalue weighted by Gasteiger charge is 2.38. The van der Waals surface area contributed by atoms with E-state index in [2.05, 4.69) is 14.9 Å². The Labute approximate surface area is 165 Å². The summed E-state index contributed by atoms with van der Waals surface area (Å²) < 4.78 is 14.6. The van der Waals surface area contributed by atoms with Crippen LogP contribution in [-0.2, 0) is 34.8 Å². The first-order chi connectivity index (χ1) is 13.6. The second kappa shape index (κ2) is 10.5. The van der Waals surface area contributed by atoms with Crippen LogP contribution in [0.15, 0.2) is 30.3 Å². The number of esters is 2. The Hall–Kier alpha value is -2.02. The van der Waals surface area contributed by atoms with Crippen LogP contribution < -0.4 is 10.2 Å². The van der Waals surface area contributed by atoms with Crippen LogP contribution in [0.25, 0.3) is 0 Å². The lowest BCUT2D eigenvalue weighted by Crippen LogP contribution is -2.36. The maximum atomic E-state index is 11.8. The number of hydrogen-bond donors (Lipinski definition) is 2.